The lowest BCUT2D eigenvalue weighted by Crippen LogP contribution is -2.35. The van der Waals surface area contributed by atoms with Crippen molar-refractivity contribution in [1.82, 2.24) is 5.32 Å². The number of hydrogen-bond donors (Lipinski definition) is 1. The van der Waals surface area contributed by atoms with Crippen LogP contribution in [0.5, 0.6) is 0 Å². The van der Waals surface area contributed by atoms with E-state index >= 15 is 0 Å². The summed E-state index contributed by atoms with van der Waals surface area (Å²) in [5, 5.41) is 3.14. The van der Waals surface area contributed by atoms with Crippen molar-refractivity contribution in [2.45, 2.75) is 12.8 Å². The second kappa shape index (κ2) is 5.46. The Kier molecular flexibility index (Phi) is 4.53. The van der Waals surface area contributed by atoms with Crippen LogP contribution in [0.4, 0.5) is 0 Å². The molecule has 88 valence electrons. The molecule has 0 saturated carbocycles. The first-order valence-corrected chi connectivity index (χ1v) is 6.83. The molecule has 5 nitrogen and oxygen atoms in total. The summed E-state index contributed by atoms with van der Waals surface area (Å²) in [4.78, 5) is 10.9. The average Bonchev–Trinajstić information content (AvgIpc) is 2.17. The number of piperidine rings is 1. The highest BCUT2D eigenvalue weighted by Crippen LogP contribution is 2.12. The van der Waals surface area contributed by atoms with Crippen LogP contribution in [0.2, 0.25) is 0 Å². The summed E-state index contributed by atoms with van der Waals surface area (Å²) in [7, 11) is -2.11. The van der Waals surface area contributed by atoms with Gasteiger partial charge in [0.05, 0.1) is 12.9 Å². The Bertz CT molecular complexity index is 306. The van der Waals surface area contributed by atoms with Crippen LogP contribution in [0.3, 0.4) is 0 Å². The zero-order chi connectivity index (χ0) is 11.3. The van der Waals surface area contributed by atoms with Crippen molar-refractivity contribution in [3.05, 3.63) is 0 Å². The second-order valence-electron chi connectivity index (χ2n) is 3.84. The molecule has 0 bridgehead atoms. The van der Waals surface area contributed by atoms with Crippen LogP contribution in [0.25, 0.3) is 0 Å². The topological polar surface area (TPSA) is 72.5 Å². The maximum atomic E-state index is 11.5. The average molecular weight is 235 g/mol. The largest absolute Gasteiger partial charge is 0.468 e. The number of hydrogen-bond acceptors (Lipinski definition) is 5. The zero-order valence-electron chi connectivity index (χ0n) is 8.86. The van der Waals surface area contributed by atoms with Crippen molar-refractivity contribution < 1.29 is 17.9 Å². The molecule has 1 rings (SSSR count). The maximum Gasteiger partial charge on any atom is 0.320 e. The van der Waals surface area contributed by atoms with Gasteiger partial charge in [-0.05, 0) is 31.8 Å². The van der Waals surface area contributed by atoms with Crippen molar-refractivity contribution >= 4 is 15.8 Å². The van der Waals surface area contributed by atoms with Crippen molar-refractivity contribution in [2.75, 3.05) is 31.7 Å². The van der Waals surface area contributed by atoms with Gasteiger partial charge < -0.3 is 10.1 Å². The van der Waals surface area contributed by atoms with E-state index in [1.165, 1.54) is 7.11 Å². The van der Waals surface area contributed by atoms with Gasteiger partial charge in [-0.15, -0.1) is 0 Å². The van der Waals surface area contributed by atoms with Crippen LogP contribution in [0.1, 0.15) is 12.8 Å². The predicted molar refractivity (Wildman–Crippen MR) is 56.3 cm³/mol. The third kappa shape index (κ3) is 4.61. The Morgan fingerprint density at radius 2 is 2.27 bits per heavy atom. The molecule has 15 heavy (non-hydrogen) atoms. The van der Waals surface area contributed by atoms with Gasteiger partial charge in [-0.25, -0.2) is 8.42 Å². The Balaban J connectivity index is 2.44. The fourth-order valence-electron chi connectivity index (χ4n) is 1.72. The fourth-order valence-corrected chi connectivity index (χ4v) is 3.32. The van der Waals surface area contributed by atoms with Crippen molar-refractivity contribution in [2.24, 2.45) is 5.92 Å². The second-order valence-corrected chi connectivity index (χ2v) is 5.95. The third-order valence-electron chi connectivity index (χ3n) is 2.45. The fraction of sp³-hybridized carbons (Fsp3) is 0.889. The quantitative estimate of drug-likeness (QED) is 0.670. The lowest BCUT2D eigenvalue weighted by molar-refractivity contribution is -0.137. The van der Waals surface area contributed by atoms with Crippen molar-refractivity contribution in [3.63, 3.8) is 0 Å². The number of esters is 1. The molecule has 1 atom stereocenters. The highest BCUT2D eigenvalue weighted by Gasteiger charge is 2.23. The Morgan fingerprint density at radius 1 is 1.53 bits per heavy atom. The smallest absolute Gasteiger partial charge is 0.320 e. The summed E-state index contributed by atoms with van der Waals surface area (Å²) >= 11 is 0. The van der Waals surface area contributed by atoms with Crippen LogP contribution >= 0.6 is 0 Å². The minimum Gasteiger partial charge on any atom is -0.468 e. The molecule has 0 aromatic heterocycles. The lowest BCUT2D eigenvalue weighted by atomic mass is 10.0. The number of nitrogens with one attached hydrogen (secondary N) is 1. The predicted octanol–water partition coefficient (Wildman–Crippen LogP) is -0.426. The summed E-state index contributed by atoms with van der Waals surface area (Å²) in [6.45, 7) is 1.67. The van der Waals surface area contributed by atoms with Gasteiger partial charge >= 0.3 is 5.97 Å². The first-order valence-electron chi connectivity index (χ1n) is 5.01. The van der Waals surface area contributed by atoms with Gasteiger partial charge in [0.15, 0.2) is 9.84 Å². The van der Waals surface area contributed by atoms with E-state index in [-0.39, 0.29) is 11.7 Å². The van der Waals surface area contributed by atoms with E-state index in [4.69, 9.17) is 0 Å². The molecule has 0 unspecified atom stereocenters. The molecule has 1 fully saturated rings. The summed E-state index contributed by atoms with van der Waals surface area (Å²) in [5.74, 6) is -0.970. The van der Waals surface area contributed by atoms with E-state index in [1.807, 2.05) is 0 Å². The van der Waals surface area contributed by atoms with Crippen molar-refractivity contribution in [1.29, 1.82) is 0 Å². The summed E-state index contributed by atoms with van der Waals surface area (Å²) in [6, 6.07) is 0. The first kappa shape index (κ1) is 12.4. The molecule has 0 aliphatic carbocycles. The van der Waals surface area contributed by atoms with Gasteiger partial charge in [0.2, 0.25) is 0 Å². The number of methoxy groups -OCH3 is 1. The van der Waals surface area contributed by atoms with E-state index in [1.54, 1.807) is 0 Å². The molecule has 1 aliphatic rings. The van der Waals surface area contributed by atoms with Crippen LogP contribution < -0.4 is 5.32 Å². The van der Waals surface area contributed by atoms with E-state index in [2.05, 4.69) is 10.1 Å². The van der Waals surface area contributed by atoms with E-state index < -0.39 is 21.6 Å². The molecule has 6 heteroatoms. The van der Waals surface area contributed by atoms with Crippen molar-refractivity contribution in [3.8, 4) is 0 Å². The standard InChI is InChI=1S/C9H17NO4S/c1-14-9(11)7-15(12,13)6-8-3-2-4-10-5-8/h8,10H,2-7H2,1H3/t8-/m1/s1. The van der Waals surface area contributed by atoms with Gasteiger partial charge in [0.25, 0.3) is 0 Å². The molecule has 0 aromatic carbocycles. The molecule has 0 radical (unpaired) electrons. The number of carbonyl (C=O) groups is 1. The molecule has 0 amide bonds. The third-order valence-corrected chi connectivity index (χ3v) is 4.11. The molecule has 0 aromatic rings. The van der Waals surface area contributed by atoms with Gasteiger partial charge in [-0.2, -0.15) is 0 Å². The zero-order valence-corrected chi connectivity index (χ0v) is 9.68. The molecular formula is C9H17NO4S. The molecule has 0 spiro atoms. The van der Waals surface area contributed by atoms with Crippen LogP contribution in [-0.4, -0.2) is 46.1 Å². The minimum atomic E-state index is -3.31. The lowest BCUT2D eigenvalue weighted by Gasteiger charge is -2.22. The Morgan fingerprint density at radius 3 is 2.80 bits per heavy atom. The number of sulfone groups is 1. The minimum absolute atomic E-state index is 0.0785. The molecule has 1 N–H and O–H groups in total. The summed E-state index contributed by atoms with van der Waals surface area (Å²) in [6.07, 6.45) is 1.91. The van der Waals surface area contributed by atoms with E-state index in [9.17, 15) is 13.2 Å². The number of ether oxygens (including phenoxy) is 1. The summed E-state index contributed by atoms with van der Waals surface area (Å²) in [5.41, 5.74) is 0. The Hall–Kier alpha value is -0.620. The SMILES string of the molecule is COC(=O)CS(=O)(=O)C[C@@H]1CCCNC1. The maximum absolute atomic E-state index is 11.5. The normalized spacial score (nSPS) is 22.3. The highest BCUT2D eigenvalue weighted by molar-refractivity contribution is 7.92. The van der Waals surface area contributed by atoms with E-state index in [0.29, 0.717) is 0 Å². The monoisotopic (exact) mass is 235 g/mol. The number of rotatable bonds is 4. The molecule has 1 saturated heterocycles. The van der Waals surface area contributed by atoms with Gasteiger partial charge in [-0.1, -0.05) is 0 Å². The highest BCUT2D eigenvalue weighted by atomic mass is 32.2. The molecule has 1 aliphatic heterocycles. The Labute approximate surface area is 90.1 Å². The van der Waals surface area contributed by atoms with Crippen LogP contribution in [0.15, 0.2) is 0 Å². The summed E-state index contributed by atoms with van der Waals surface area (Å²) < 4.78 is 27.4. The number of carbonyl (C=O) groups excluding carboxylic acids is 1. The van der Waals surface area contributed by atoms with Crippen LogP contribution in [0, 0.1) is 5.92 Å². The molecule has 1 heterocycles. The first-order chi connectivity index (χ1) is 7.03. The van der Waals surface area contributed by atoms with Gasteiger partial charge in [0.1, 0.15) is 5.75 Å². The molecular weight excluding hydrogens is 218 g/mol. The van der Waals surface area contributed by atoms with E-state index in [0.717, 1.165) is 25.9 Å². The van der Waals surface area contributed by atoms with Gasteiger partial charge in [-0.3, -0.25) is 4.79 Å². The van der Waals surface area contributed by atoms with Crippen LogP contribution in [-0.2, 0) is 19.4 Å². The van der Waals surface area contributed by atoms with Gasteiger partial charge in [0, 0.05) is 0 Å².